The molecule has 0 unspecified atom stereocenters. The first-order valence-electron chi connectivity index (χ1n) is 19.5. The molecule has 2 aliphatic carbocycles. The maximum absolute atomic E-state index is 14.5. The molecule has 0 radical (unpaired) electrons. The number of fused-ring (bicyclic) bond motifs is 3. The van der Waals surface area contributed by atoms with Gasteiger partial charge in [0, 0.05) is 0 Å². The van der Waals surface area contributed by atoms with Crippen molar-refractivity contribution in [3.05, 3.63) is 200 Å². The van der Waals surface area contributed by atoms with Crippen LogP contribution in [0.5, 0.6) is 0 Å². The zero-order chi connectivity index (χ0) is 39.4. The number of hydrogen-bond acceptors (Lipinski definition) is 0. The molecule has 0 bridgehead atoms. The molecule has 8 rings (SSSR count). The second kappa shape index (κ2) is 14.7. The van der Waals surface area contributed by atoms with Gasteiger partial charge in [-0.25, -0.2) is 0 Å². The van der Waals surface area contributed by atoms with Crippen LogP contribution in [0.15, 0.2) is 161 Å². The molecule has 2 aliphatic rings. The molecule has 4 heteroatoms. The number of benzene rings is 6. The first-order valence-corrected chi connectivity index (χ1v) is 23.4. The van der Waals surface area contributed by atoms with Crippen LogP contribution >= 0.6 is 0 Å². The second-order valence-electron chi connectivity index (χ2n) is 17.2. The van der Waals surface area contributed by atoms with Crippen LogP contribution in [-0.2, 0) is 38.3 Å². The molecule has 0 spiro atoms. The van der Waals surface area contributed by atoms with Crippen molar-refractivity contribution in [3.8, 4) is 33.4 Å². The monoisotopic (exact) mass is 818 g/mol. The predicted molar refractivity (Wildman–Crippen MR) is 225 cm³/mol. The fraction of sp³-hybridized carbons (Fsp3) is 0.212. The van der Waals surface area contributed by atoms with Crippen molar-refractivity contribution in [1.82, 2.24) is 0 Å². The van der Waals surface area contributed by atoms with E-state index >= 15 is 0 Å². The van der Waals surface area contributed by atoms with Crippen molar-refractivity contribution in [3.63, 3.8) is 0 Å². The molecule has 280 valence electrons. The summed E-state index contributed by atoms with van der Waals surface area (Å²) >= 11 is -3.36. The van der Waals surface area contributed by atoms with Crippen LogP contribution in [0.25, 0.3) is 33.4 Å². The molecular weight excluding hydrogens is 773 g/mol. The maximum atomic E-state index is 14.5. The normalized spacial score (nSPS) is 14.7. The number of hydrogen-bond donors (Lipinski definition) is 0. The fourth-order valence-electron chi connectivity index (χ4n) is 8.68. The van der Waals surface area contributed by atoms with E-state index in [1.54, 1.807) is 6.07 Å². The molecule has 0 atom stereocenters. The van der Waals surface area contributed by atoms with Crippen LogP contribution in [0.1, 0.15) is 90.5 Å². The zero-order valence-corrected chi connectivity index (χ0v) is 35.4. The summed E-state index contributed by atoms with van der Waals surface area (Å²) in [6.07, 6.45) is 3.01. The predicted octanol–water partition coefficient (Wildman–Crippen LogP) is 14.4. The second-order valence-corrected chi connectivity index (χ2v) is 23.5. The van der Waals surface area contributed by atoms with Crippen molar-refractivity contribution in [2.75, 3.05) is 0 Å². The van der Waals surface area contributed by atoms with Gasteiger partial charge in [0.05, 0.1) is 0 Å². The molecule has 0 heterocycles. The van der Waals surface area contributed by atoms with Crippen molar-refractivity contribution >= 4 is 3.21 Å². The van der Waals surface area contributed by atoms with Crippen LogP contribution < -0.4 is 0 Å². The molecule has 0 fully saturated rings. The molecule has 0 amide bonds. The SMILES string of the molecule is CC(C)(C)c1cc2c(cc1-c1ccccc1)[CH]([Zr]([C]1=CC=CC1)=[C](c1ccccc1)c1cccc(C(F)(F)F)c1)c1cc(-c3ccccc3)c(C(C)(C)C)cc1-2. The van der Waals surface area contributed by atoms with E-state index in [0.29, 0.717) is 5.56 Å². The van der Waals surface area contributed by atoms with Crippen molar-refractivity contribution in [2.24, 2.45) is 0 Å². The molecule has 0 N–H and O–H groups in total. The molecule has 6 aromatic carbocycles. The number of allylic oxidation sites excluding steroid dienone is 4. The summed E-state index contributed by atoms with van der Waals surface area (Å²) in [4.78, 5) is 0. The van der Waals surface area contributed by atoms with Gasteiger partial charge in [0.2, 0.25) is 0 Å². The summed E-state index contributed by atoms with van der Waals surface area (Å²) in [6, 6.07) is 47.5. The van der Waals surface area contributed by atoms with Gasteiger partial charge in [-0.05, 0) is 0 Å². The molecule has 0 nitrogen and oxygen atoms in total. The number of halogens is 3. The van der Waals surface area contributed by atoms with E-state index in [2.05, 4.69) is 157 Å². The van der Waals surface area contributed by atoms with Gasteiger partial charge in [-0.2, -0.15) is 0 Å². The summed E-state index contributed by atoms with van der Waals surface area (Å²) in [5.41, 5.74) is 13.2. The van der Waals surface area contributed by atoms with Crippen molar-refractivity contribution in [1.29, 1.82) is 0 Å². The molecule has 0 aromatic heterocycles. The third kappa shape index (κ3) is 7.22. The fourth-order valence-corrected chi connectivity index (χ4v) is 17.6. The van der Waals surface area contributed by atoms with E-state index in [1.165, 1.54) is 71.0 Å². The number of rotatable bonds is 6. The van der Waals surface area contributed by atoms with E-state index in [1.807, 2.05) is 24.3 Å². The molecule has 0 saturated heterocycles. The van der Waals surface area contributed by atoms with Gasteiger partial charge in [-0.3, -0.25) is 0 Å². The zero-order valence-electron chi connectivity index (χ0n) is 32.9. The average molecular weight is 820 g/mol. The Kier molecular flexibility index (Phi) is 10.0. The standard InChI is InChI=1S/C33H33.C14H9F3.C5H5.Zr/c1-32(2,3)30-20-26-24(18-28(30)22-13-9-7-10-14-22)17-25-19-29(23-15-11-8-12-16-23)31(21-27(25)26)33(4,5)6;15-14(16,17)13-8-4-7-12(10-13)9-11-5-2-1-3-6-11;1-2-4-5-3-1;/h7-21H,1-6H3;1-8,10H;1-3H,4H2;. The van der Waals surface area contributed by atoms with E-state index in [0.717, 1.165) is 15.2 Å². The van der Waals surface area contributed by atoms with Crippen LogP contribution in [0.4, 0.5) is 13.2 Å². The first-order chi connectivity index (χ1) is 26.7. The summed E-state index contributed by atoms with van der Waals surface area (Å²) in [7, 11) is 0. The van der Waals surface area contributed by atoms with Gasteiger partial charge in [0.1, 0.15) is 0 Å². The van der Waals surface area contributed by atoms with Crippen molar-refractivity contribution in [2.45, 2.75) is 68.6 Å². The van der Waals surface area contributed by atoms with E-state index < -0.39 is 33.0 Å². The Hall–Kier alpha value is -4.66. The molecule has 6 aromatic rings. The van der Waals surface area contributed by atoms with Crippen LogP contribution in [0.2, 0.25) is 0 Å². The quantitative estimate of drug-likeness (QED) is 0.157. The van der Waals surface area contributed by atoms with Gasteiger partial charge in [-0.15, -0.1) is 0 Å². The van der Waals surface area contributed by atoms with E-state index in [-0.39, 0.29) is 14.5 Å². The molecule has 0 saturated carbocycles. The van der Waals surface area contributed by atoms with Crippen LogP contribution in [0, 0.1) is 0 Å². The Bertz CT molecular complexity index is 2420. The Morgan fingerprint density at radius 2 is 1.02 bits per heavy atom. The van der Waals surface area contributed by atoms with Gasteiger partial charge in [0.25, 0.3) is 0 Å². The van der Waals surface area contributed by atoms with E-state index in [4.69, 9.17) is 0 Å². The minimum atomic E-state index is -4.45. The van der Waals surface area contributed by atoms with Crippen LogP contribution in [0.3, 0.4) is 0 Å². The van der Waals surface area contributed by atoms with E-state index in [9.17, 15) is 13.2 Å². The van der Waals surface area contributed by atoms with Gasteiger partial charge >= 0.3 is 340 Å². The van der Waals surface area contributed by atoms with Gasteiger partial charge in [0.15, 0.2) is 0 Å². The topological polar surface area (TPSA) is 0 Å². The Labute approximate surface area is 337 Å². The summed E-state index contributed by atoms with van der Waals surface area (Å²) in [6.45, 7) is 13.7. The molecule has 56 heavy (non-hydrogen) atoms. The third-order valence-corrected chi connectivity index (χ3v) is 19.6. The molecule has 0 aliphatic heterocycles. The van der Waals surface area contributed by atoms with Crippen molar-refractivity contribution < 1.29 is 34.4 Å². The van der Waals surface area contributed by atoms with Gasteiger partial charge in [-0.1, -0.05) is 0 Å². The third-order valence-electron chi connectivity index (χ3n) is 11.3. The Morgan fingerprint density at radius 1 is 0.536 bits per heavy atom. The Morgan fingerprint density at radius 3 is 1.46 bits per heavy atom. The molecular formula is C52H47F3Zr. The summed E-state index contributed by atoms with van der Waals surface area (Å²) < 4.78 is 46.0. The average Bonchev–Trinajstić information content (AvgIpc) is 3.82. The first kappa shape index (κ1) is 38.2. The Balaban J connectivity index is 1.55. The van der Waals surface area contributed by atoms with Crippen LogP contribution in [-0.4, -0.2) is 3.21 Å². The summed E-state index contributed by atoms with van der Waals surface area (Å²) in [5.74, 6) is 0. The minimum absolute atomic E-state index is 0.00580. The summed E-state index contributed by atoms with van der Waals surface area (Å²) in [5, 5.41) is 0. The number of alkyl halides is 3. The van der Waals surface area contributed by atoms with Gasteiger partial charge < -0.3 is 0 Å².